The van der Waals surface area contributed by atoms with Gasteiger partial charge in [0, 0.05) is 49.5 Å². The molecule has 1 amide bonds. The Hall–Kier alpha value is -4.24. The van der Waals surface area contributed by atoms with Gasteiger partial charge in [0.25, 0.3) is 16.8 Å². The summed E-state index contributed by atoms with van der Waals surface area (Å²) in [5.41, 5.74) is 4.88. The maximum Gasteiger partial charge on any atom is 0.267 e. The lowest BCUT2D eigenvalue weighted by molar-refractivity contribution is 0.103. The number of rotatable bonds is 8. The standard InChI is InChI=1S/C27H25N5O3S/c1-32(2)23-22(24(33)25(23)34)30-17-6-5-7-18(14-17)31-27(35)26-21(11-13-36-26)29-15-16-10-12-28-20-9-4-3-8-19(16)20/h3,5-8,10-14,29-30H,4,9,15H2,1-2H3,(H,31,35). The van der Waals surface area contributed by atoms with Gasteiger partial charge in [-0.25, -0.2) is 0 Å². The first-order valence-electron chi connectivity index (χ1n) is 11.6. The van der Waals surface area contributed by atoms with E-state index < -0.39 is 10.9 Å². The smallest absolute Gasteiger partial charge is 0.267 e. The van der Waals surface area contributed by atoms with Crippen molar-refractivity contribution in [3.8, 4) is 0 Å². The Labute approximate surface area is 212 Å². The highest BCUT2D eigenvalue weighted by Crippen LogP contribution is 2.28. The molecule has 2 aromatic carbocycles. The molecular formula is C27H25N5O3S. The molecule has 1 aliphatic rings. The molecule has 1 aliphatic carbocycles. The summed E-state index contributed by atoms with van der Waals surface area (Å²) in [5.74, 6) is -0.232. The lowest BCUT2D eigenvalue weighted by Crippen LogP contribution is -2.39. The second kappa shape index (κ2) is 9.79. The van der Waals surface area contributed by atoms with Crippen molar-refractivity contribution in [2.24, 2.45) is 0 Å². The van der Waals surface area contributed by atoms with Crippen LogP contribution in [0.1, 0.15) is 32.9 Å². The molecule has 2 aromatic heterocycles. The van der Waals surface area contributed by atoms with Crippen molar-refractivity contribution in [2.75, 3.05) is 34.9 Å². The number of nitrogens with one attached hydrogen (secondary N) is 3. The fourth-order valence-corrected chi connectivity index (χ4v) is 5.05. The highest BCUT2D eigenvalue weighted by molar-refractivity contribution is 7.12. The van der Waals surface area contributed by atoms with Gasteiger partial charge in [0.05, 0.1) is 5.69 Å². The topological polar surface area (TPSA) is 103 Å². The van der Waals surface area contributed by atoms with Crippen molar-refractivity contribution < 1.29 is 4.79 Å². The van der Waals surface area contributed by atoms with E-state index in [1.807, 2.05) is 23.7 Å². The minimum Gasteiger partial charge on any atom is -0.380 e. The number of anilines is 5. The van der Waals surface area contributed by atoms with Crippen molar-refractivity contribution >= 4 is 51.8 Å². The fourth-order valence-electron chi connectivity index (χ4n) is 4.28. The van der Waals surface area contributed by atoms with Crippen LogP contribution in [-0.2, 0) is 13.0 Å². The van der Waals surface area contributed by atoms with Crippen molar-refractivity contribution in [3.63, 3.8) is 0 Å². The molecular weight excluding hydrogens is 474 g/mol. The Bertz CT molecular complexity index is 1550. The number of allylic oxidation sites excluding steroid dienone is 1. The van der Waals surface area contributed by atoms with Gasteiger partial charge >= 0.3 is 0 Å². The molecule has 9 heteroatoms. The van der Waals surface area contributed by atoms with Crippen molar-refractivity contribution in [1.29, 1.82) is 0 Å². The summed E-state index contributed by atoms with van der Waals surface area (Å²) in [6.45, 7) is 0.585. The van der Waals surface area contributed by atoms with Gasteiger partial charge in [-0.1, -0.05) is 18.2 Å². The number of benzene rings is 1. The number of aryl methyl sites for hydroxylation is 1. The van der Waals surface area contributed by atoms with Crippen LogP contribution in [0.2, 0.25) is 0 Å². The zero-order valence-electron chi connectivity index (χ0n) is 19.9. The van der Waals surface area contributed by atoms with Crippen LogP contribution in [0.4, 0.5) is 28.4 Å². The average Bonchev–Trinajstić information content (AvgIpc) is 3.36. The molecule has 0 fully saturated rings. The van der Waals surface area contributed by atoms with Gasteiger partial charge in [-0.3, -0.25) is 19.4 Å². The molecule has 0 aliphatic heterocycles. The van der Waals surface area contributed by atoms with E-state index in [0.717, 1.165) is 35.3 Å². The molecule has 0 saturated carbocycles. The minimum absolute atomic E-state index is 0.232. The molecule has 3 N–H and O–H groups in total. The number of aromatic nitrogens is 1. The molecule has 0 bridgehead atoms. The summed E-state index contributed by atoms with van der Waals surface area (Å²) in [4.78, 5) is 43.6. The predicted octanol–water partition coefficient (Wildman–Crippen LogP) is 4.37. The Morgan fingerprint density at radius 1 is 1.11 bits per heavy atom. The van der Waals surface area contributed by atoms with Crippen LogP contribution in [0, 0.1) is 0 Å². The zero-order valence-corrected chi connectivity index (χ0v) is 20.7. The zero-order chi connectivity index (χ0) is 25.2. The van der Waals surface area contributed by atoms with Crippen LogP contribution in [0.25, 0.3) is 6.08 Å². The van der Waals surface area contributed by atoms with Gasteiger partial charge < -0.3 is 20.9 Å². The lowest BCUT2D eigenvalue weighted by atomic mass is 9.98. The molecule has 0 atom stereocenters. The number of thiophene rings is 1. The number of nitrogens with zero attached hydrogens (tertiary/aromatic N) is 2. The molecule has 182 valence electrons. The van der Waals surface area contributed by atoms with Gasteiger partial charge in [0.1, 0.15) is 16.3 Å². The van der Waals surface area contributed by atoms with E-state index >= 15 is 0 Å². The Morgan fingerprint density at radius 2 is 1.94 bits per heavy atom. The number of carbonyl (C=O) groups excluding carboxylic acids is 1. The molecule has 5 rings (SSSR count). The summed E-state index contributed by atoms with van der Waals surface area (Å²) in [6.07, 6.45) is 8.07. The highest BCUT2D eigenvalue weighted by Gasteiger charge is 2.22. The van der Waals surface area contributed by atoms with E-state index in [1.165, 1.54) is 11.3 Å². The van der Waals surface area contributed by atoms with Crippen molar-refractivity contribution in [1.82, 2.24) is 4.98 Å². The van der Waals surface area contributed by atoms with E-state index in [4.69, 9.17) is 0 Å². The first-order valence-corrected chi connectivity index (χ1v) is 12.4. The van der Waals surface area contributed by atoms with Crippen molar-refractivity contribution in [3.05, 3.63) is 96.2 Å². The first kappa shape index (κ1) is 23.5. The summed E-state index contributed by atoms with van der Waals surface area (Å²) < 4.78 is 0. The lowest BCUT2D eigenvalue weighted by Gasteiger charge is -2.19. The molecule has 0 unspecified atom stereocenters. The van der Waals surface area contributed by atoms with E-state index in [9.17, 15) is 14.4 Å². The van der Waals surface area contributed by atoms with Crippen LogP contribution in [-0.4, -0.2) is 25.0 Å². The summed E-state index contributed by atoms with van der Waals surface area (Å²) in [5, 5.41) is 11.2. The van der Waals surface area contributed by atoms with E-state index in [2.05, 4.69) is 33.1 Å². The Morgan fingerprint density at radius 3 is 2.78 bits per heavy atom. The third-order valence-electron chi connectivity index (χ3n) is 6.06. The highest BCUT2D eigenvalue weighted by atomic mass is 32.1. The molecule has 0 saturated heterocycles. The predicted molar refractivity (Wildman–Crippen MR) is 147 cm³/mol. The normalized spacial score (nSPS) is 12.3. The van der Waals surface area contributed by atoms with E-state index in [-0.39, 0.29) is 11.6 Å². The summed E-state index contributed by atoms with van der Waals surface area (Å²) in [7, 11) is 3.43. The number of fused-ring (bicyclic) bond motifs is 1. The van der Waals surface area contributed by atoms with Gasteiger partial charge in [0.15, 0.2) is 0 Å². The van der Waals surface area contributed by atoms with Gasteiger partial charge in [-0.15, -0.1) is 11.3 Å². The third-order valence-corrected chi connectivity index (χ3v) is 6.97. The number of amides is 1. The molecule has 4 aromatic rings. The third kappa shape index (κ3) is 4.52. The Kier molecular flexibility index (Phi) is 6.39. The van der Waals surface area contributed by atoms with E-state index in [0.29, 0.717) is 28.5 Å². The van der Waals surface area contributed by atoms with Crippen LogP contribution in [0.15, 0.2) is 63.6 Å². The number of hydrogen-bond acceptors (Lipinski definition) is 8. The van der Waals surface area contributed by atoms with Crippen LogP contribution < -0.4 is 31.7 Å². The van der Waals surface area contributed by atoms with Crippen molar-refractivity contribution in [2.45, 2.75) is 19.4 Å². The van der Waals surface area contributed by atoms with Gasteiger partial charge in [-0.2, -0.15) is 0 Å². The Balaban J connectivity index is 1.28. The molecule has 2 heterocycles. The first-order chi connectivity index (χ1) is 17.4. The van der Waals surface area contributed by atoms with Crippen LogP contribution >= 0.6 is 11.3 Å². The monoisotopic (exact) mass is 499 g/mol. The van der Waals surface area contributed by atoms with Crippen LogP contribution in [0.3, 0.4) is 0 Å². The quantitative estimate of drug-likeness (QED) is 0.309. The second-order valence-electron chi connectivity index (χ2n) is 8.72. The molecule has 8 nitrogen and oxygen atoms in total. The van der Waals surface area contributed by atoms with Crippen LogP contribution in [0.5, 0.6) is 0 Å². The average molecular weight is 500 g/mol. The maximum absolute atomic E-state index is 13.1. The number of hydrogen-bond donors (Lipinski definition) is 3. The fraction of sp³-hybridized carbons (Fsp3) is 0.185. The van der Waals surface area contributed by atoms with Gasteiger partial charge in [0.2, 0.25) is 0 Å². The molecule has 0 radical (unpaired) electrons. The number of carbonyl (C=O) groups is 1. The maximum atomic E-state index is 13.1. The summed E-state index contributed by atoms with van der Waals surface area (Å²) >= 11 is 1.36. The SMILES string of the molecule is CN(C)c1c(Nc2cccc(NC(=O)c3sccc3NCc3ccnc4c3C=CCC4)c2)c(=O)c1=O. The summed E-state index contributed by atoms with van der Waals surface area (Å²) in [6, 6.07) is 10.9. The number of pyridine rings is 1. The molecule has 36 heavy (non-hydrogen) atoms. The van der Waals surface area contributed by atoms with E-state index in [1.54, 1.807) is 43.3 Å². The second-order valence-corrected chi connectivity index (χ2v) is 9.64. The molecule has 0 spiro atoms. The van der Waals surface area contributed by atoms with Gasteiger partial charge in [-0.05, 0) is 54.1 Å². The minimum atomic E-state index is -0.548. The largest absolute Gasteiger partial charge is 0.380 e.